The van der Waals surface area contributed by atoms with Gasteiger partial charge in [0.25, 0.3) is 0 Å². The Hall–Kier alpha value is -1.50. The van der Waals surface area contributed by atoms with Gasteiger partial charge in [0.15, 0.2) is 0 Å². The highest BCUT2D eigenvalue weighted by Gasteiger charge is 2.07. The average Bonchev–Trinajstić information content (AvgIpc) is 2.69. The van der Waals surface area contributed by atoms with Crippen LogP contribution < -0.4 is 0 Å². The number of H-pyrrole nitrogens is 1. The molecule has 2 rings (SSSR count). The molecular formula is C15H19N. The van der Waals surface area contributed by atoms with Crippen molar-refractivity contribution >= 4 is 10.9 Å². The summed E-state index contributed by atoms with van der Waals surface area (Å²) in [5, 5.41) is 1.34. The number of fused-ring (bicyclic) bond motifs is 1. The highest BCUT2D eigenvalue weighted by molar-refractivity contribution is 5.83. The molecule has 1 atom stereocenters. The first kappa shape index (κ1) is 11.0. The summed E-state index contributed by atoms with van der Waals surface area (Å²) >= 11 is 0. The molecule has 0 spiro atoms. The number of nitrogens with one attached hydrogen (secondary N) is 1. The summed E-state index contributed by atoms with van der Waals surface area (Å²) in [6.45, 7) is 6.66. The van der Waals surface area contributed by atoms with Crippen molar-refractivity contribution in [3.8, 4) is 0 Å². The van der Waals surface area contributed by atoms with Gasteiger partial charge in [-0.05, 0) is 17.5 Å². The molecule has 1 heteroatoms. The molecular weight excluding hydrogens is 194 g/mol. The van der Waals surface area contributed by atoms with E-state index in [1.165, 1.54) is 16.5 Å². The van der Waals surface area contributed by atoms with Gasteiger partial charge in [-0.25, -0.2) is 0 Å². The molecule has 0 unspecified atom stereocenters. The van der Waals surface area contributed by atoms with E-state index in [0.717, 1.165) is 0 Å². The minimum absolute atomic E-state index is 0.471. The van der Waals surface area contributed by atoms with Crippen LogP contribution in [-0.2, 0) is 0 Å². The summed E-state index contributed by atoms with van der Waals surface area (Å²) in [4.78, 5) is 3.32. The zero-order valence-corrected chi connectivity index (χ0v) is 10.2. The largest absolute Gasteiger partial charge is 0.361 e. The molecule has 0 aliphatic rings. The molecule has 0 amide bonds. The third kappa shape index (κ3) is 2.19. The molecule has 1 heterocycles. The van der Waals surface area contributed by atoms with Crippen LogP contribution in [0.3, 0.4) is 0 Å². The van der Waals surface area contributed by atoms with E-state index in [9.17, 15) is 0 Å². The Labute approximate surface area is 97.2 Å². The third-order valence-corrected chi connectivity index (χ3v) is 2.90. The van der Waals surface area contributed by atoms with Gasteiger partial charge >= 0.3 is 0 Å². The molecule has 0 fully saturated rings. The first-order chi connectivity index (χ1) is 7.68. The van der Waals surface area contributed by atoms with Crippen molar-refractivity contribution in [2.75, 3.05) is 0 Å². The van der Waals surface area contributed by atoms with Crippen LogP contribution >= 0.6 is 0 Å². The lowest BCUT2D eigenvalue weighted by Gasteiger charge is -2.05. The van der Waals surface area contributed by atoms with E-state index in [0.29, 0.717) is 11.8 Å². The van der Waals surface area contributed by atoms with Gasteiger partial charge in [0.1, 0.15) is 0 Å². The monoisotopic (exact) mass is 213 g/mol. The zero-order valence-electron chi connectivity index (χ0n) is 10.2. The van der Waals surface area contributed by atoms with Crippen LogP contribution in [0.2, 0.25) is 0 Å². The highest BCUT2D eigenvalue weighted by atomic mass is 14.7. The van der Waals surface area contributed by atoms with E-state index in [1.807, 2.05) is 0 Å². The topological polar surface area (TPSA) is 15.8 Å². The Morgan fingerprint density at radius 2 is 1.81 bits per heavy atom. The van der Waals surface area contributed by atoms with E-state index < -0.39 is 0 Å². The molecule has 84 valence electrons. The standard InChI is InChI=1S/C15H19N/c1-11(2)8-9-12(3)14-10-16-15-7-5-4-6-13(14)15/h4-12,16H,1-3H3/b9-8+/t12-/m0/s1. The zero-order chi connectivity index (χ0) is 11.5. The van der Waals surface area contributed by atoms with E-state index in [2.05, 4.69) is 68.4 Å². The molecule has 1 aromatic carbocycles. The van der Waals surface area contributed by atoms with Crippen molar-refractivity contribution in [3.63, 3.8) is 0 Å². The second-order valence-electron chi connectivity index (χ2n) is 4.71. The number of allylic oxidation sites excluding steroid dienone is 2. The normalized spacial score (nSPS) is 14.0. The van der Waals surface area contributed by atoms with Crippen LogP contribution in [0.25, 0.3) is 10.9 Å². The van der Waals surface area contributed by atoms with Gasteiger partial charge in [-0.2, -0.15) is 0 Å². The molecule has 0 aliphatic heterocycles. The SMILES string of the molecule is CC(C)/C=C/[C@H](C)c1c[nH]c2ccccc12. The lowest BCUT2D eigenvalue weighted by molar-refractivity contribution is 0.816. The van der Waals surface area contributed by atoms with Crippen molar-refractivity contribution in [3.05, 3.63) is 48.2 Å². The lowest BCUT2D eigenvalue weighted by Crippen LogP contribution is -1.88. The number of aromatic amines is 1. The van der Waals surface area contributed by atoms with Gasteiger partial charge in [-0.1, -0.05) is 51.1 Å². The molecule has 1 aromatic heterocycles. The number of benzene rings is 1. The Bertz CT molecular complexity index is 491. The molecule has 1 nitrogen and oxygen atoms in total. The average molecular weight is 213 g/mol. The lowest BCUT2D eigenvalue weighted by atomic mass is 9.99. The minimum atomic E-state index is 0.471. The summed E-state index contributed by atoms with van der Waals surface area (Å²) < 4.78 is 0. The van der Waals surface area contributed by atoms with Crippen molar-refractivity contribution in [1.82, 2.24) is 4.98 Å². The third-order valence-electron chi connectivity index (χ3n) is 2.90. The van der Waals surface area contributed by atoms with Crippen molar-refractivity contribution in [1.29, 1.82) is 0 Å². The number of para-hydroxylation sites is 1. The van der Waals surface area contributed by atoms with Crippen molar-refractivity contribution in [2.24, 2.45) is 5.92 Å². The maximum atomic E-state index is 3.32. The summed E-state index contributed by atoms with van der Waals surface area (Å²) in [7, 11) is 0. The first-order valence-electron chi connectivity index (χ1n) is 5.93. The Morgan fingerprint density at radius 3 is 2.56 bits per heavy atom. The van der Waals surface area contributed by atoms with Gasteiger partial charge in [0.05, 0.1) is 0 Å². The van der Waals surface area contributed by atoms with Gasteiger partial charge in [0.2, 0.25) is 0 Å². The first-order valence-corrected chi connectivity index (χ1v) is 5.93. The fourth-order valence-electron chi connectivity index (χ4n) is 1.96. The summed E-state index contributed by atoms with van der Waals surface area (Å²) in [5.74, 6) is 1.09. The summed E-state index contributed by atoms with van der Waals surface area (Å²) in [6.07, 6.45) is 6.69. The highest BCUT2D eigenvalue weighted by Crippen LogP contribution is 2.26. The van der Waals surface area contributed by atoms with Crippen LogP contribution in [-0.4, -0.2) is 4.98 Å². The molecule has 0 saturated carbocycles. The molecule has 0 aliphatic carbocycles. The number of hydrogen-bond acceptors (Lipinski definition) is 0. The predicted octanol–water partition coefficient (Wildman–Crippen LogP) is 4.48. The fourth-order valence-corrected chi connectivity index (χ4v) is 1.96. The fraction of sp³-hybridized carbons (Fsp3) is 0.333. The van der Waals surface area contributed by atoms with Gasteiger partial charge in [-0.15, -0.1) is 0 Å². The van der Waals surface area contributed by atoms with Crippen LogP contribution in [0.15, 0.2) is 42.6 Å². The van der Waals surface area contributed by atoms with E-state index in [4.69, 9.17) is 0 Å². The van der Waals surface area contributed by atoms with Crippen LogP contribution in [0.1, 0.15) is 32.3 Å². The molecule has 0 saturated heterocycles. The minimum Gasteiger partial charge on any atom is -0.361 e. The summed E-state index contributed by atoms with van der Waals surface area (Å²) in [6, 6.07) is 8.47. The predicted molar refractivity (Wildman–Crippen MR) is 70.7 cm³/mol. The van der Waals surface area contributed by atoms with Crippen LogP contribution in [0.5, 0.6) is 0 Å². The van der Waals surface area contributed by atoms with Crippen LogP contribution in [0.4, 0.5) is 0 Å². The number of aromatic nitrogens is 1. The van der Waals surface area contributed by atoms with Gasteiger partial charge in [-0.3, -0.25) is 0 Å². The molecule has 16 heavy (non-hydrogen) atoms. The van der Waals surface area contributed by atoms with Crippen molar-refractivity contribution in [2.45, 2.75) is 26.7 Å². The van der Waals surface area contributed by atoms with Crippen molar-refractivity contribution < 1.29 is 0 Å². The van der Waals surface area contributed by atoms with E-state index in [-0.39, 0.29) is 0 Å². The Morgan fingerprint density at radius 1 is 1.06 bits per heavy atom. The van der Waals surface area contributed by atoms with E-state index in [1.54, 1.807) is 0 Å². The molecule has 2 aromatic rings. The molecule has 0 bridgehead atoms. The number of hydrogen-bond donors (Lipinski definition) is 1. The van der Waals surface area contributed by atoms with E-state index >= 15 is 0 Å². The molecule has 0 radical (unpaired) electrons. The summed E-state index contributed by atoms with van der Waals surface area (Å²) in [5.41, 5.74) is 2.61. The Balaban J connectivity index is 2.33. The van der Waals surface area contributed by atoms with Gasteiger partial charge in [0, 0.05) is 23.0 Å². The maximum Gasteiger partial charge on any atom is 0.0457 e. The maximum absolute atomic E-state index is 3.32. The molecule has 1 N–H and O–H groups in total. The Kier molecular flexibility index (Phi) is 3.14. The van der Waals surface area contributed by atoms with Crippen LogP contribution in [0, 0.1) is 5.92 Å². The quantitative estimate of drug-likeness (QED) is 0.723. The second kappa shape index (κ2) is 4.56. The van der Waals surface area contributed by atoms with Gasteiger partial charge < -0.3 is 4.98 Å². The smallest absolute Gasteiger partial charge is 0.0457 e. The number of rotatable bonds is 3. The second-order valence-corrected chi connectivity index (χ2v) is 4.71.